The number of rotatable bonds is 3. The van der Waals surface area contributed by atoms with Gasteiger partial charge in [-0.15, -0.1) is 0 Å². The Bertz CT molecular complexity index is 1590. The Morgan fingerprint density at radius 2 is 1.79 bits per heavy atom. The van der Waals surface area contributed by atoms with Gasteiger partial charge in [-0.1, -0.05) is 18.2 Å². The molecular formula is C29H26N2O8. The number of Topliss-reactive ketones (excluding diaryl/α,β-unsaturated/α-hetero) is 4. The monoisotopic (exact) mass is 530 g/mol. The van der Waals surface area contributed by atoms with Crippen LogP contribution in [0, 0.1) is 23.7 Å². The van der Waals surface area contributed by atoms with Crippen LogP contribution in [0.5, 0.6) is 5.75 Å². The minimum atomic E-state index is -2.75. The number of likely N-dealkylation sites (N-methyl/N-ethyl adjacent to an activating group) is 1. The molecule has 1 aromatic heterocycles. The highest BCUT2D eigenvalue weighted by Crippen LogP contribution is 2.52. The highest BCUT2D eigenvalue weighted by Gasteiger charge is 2.69. The Balaban J connectivity index is 1.49. The number of furan rings is 1. The van der Waals surface area contributed by atoms with E-state index < -0.39 is 64.4 Å². The largest absolute Gasteiger partial charge is 0.507 e. The van der Waals surface area contributed by atoms with Crippen molar-refractivity contribution in [1.82, 2.24) is 4.90 Å². The van der Waals surface area contributed by atoms with Crippen molar-refractivity contribution < 1.29 is 38.6 Å². The molecule has 2 unspecified atom stereocenters. The SMILES string of the molecule is CN(C)[C@H]1C(=O)C(C(N)=O)C(=O)[C@]2(O)C(=O)C3C(=O)c4c(O)ccc(-c5cc6ccccc6o5)c4C[C@@H]3C[C@H]12. The second kappa shape index (κ2) is 8.42. The molecule has 39 heavy (non-hydrogen) atoms. The third-order valence-electron chi connectivity index (χ3n) is 8.64. The minimum Gasteiger partial charge on any atom is -0.507 e. The van der Waals surface area contributed by atoms with Gasteiger partial charge in [0.05, 0.1) is 17.5 Å². The van der Waals surface area contributed by atoms with Gasteiger partial charge in [-0.3, -0.25) is 28.9 Å². The third kappa shape index (κ3) is 3.31. The zero-order valence-corrected chi connectivity index (χ0v) is 21.2. The van der Waals surface area contributed by atoms with Gasteiger partial charge in [-0.2, -0.15) is 0 Å². The molecule has 0 saturated heterocycles. The molecule has 6 rings (SSSR count). The predicted molar refractivity (Wildman–Crippen MR) is 137 cm³/mol. The lowest BCUT2D eigenvalue weighted by molar-refractivity contribution is -0.181. The van der Waals surface area contributed by atoms with E-state index in [0.717, 1.165) is 5.39 Å². The van der Waals surface area contributed by atoms with Crippen LogP contribution < -0.4 is 5.73 Å². The molecule has 3 aromatic rings. The molecule has 0 radical (unpaired) electrons. The number of phenolic OH excluding ortho intramolecular Hbond substituents is 1. The van der Waals surface area contributed by atoms with Crippen LogP contribution in [0.2, 0.25) is 0 Å². The second-order valence-corrected chi connectivity index (χ2v) is 10.9. The Labute approximate surface area is 222 Å². The first-order chi connectivity index (χ1) is 18.5. The number of carbonyl (C=O) groups is 5. The zero-order chi connectivity index (χ0) is 28.0. The number of nitrogens with zero attached hydrogens (tertiary/aromatic N) is 1. The van der Waals surface area contributed by atoms with E-state index in [9.17, 15) is 34.2 Å². The van der Waals surface area contributed by atoms with Gasteiger partial charge in [-0.25, -0.2) is 0 Å². The number of ketones is 4. The normalized spacial score (nSPS) is 30.3. The molecule has 2 saturated carbocycles. The number of hydrogen-bond donors (Lipinski definition) is 3. The predicted octanol–water partition coefficient (Wildman–Crippen LogP) is 1.28. The Morgan fingerprint density at radius 3 is 2.46 bits per heavy atom. The van der Waals surface area contributed by atoms with E-state index in [0.29, 0.717) is 22.5 Å². The van der Waals surface area contributed by atoms with E-state index in [2.05, 4.69) is 0 Å². The van der Waals surface area contributed by atoms with Crippen LogP contribution in [0.25, 0.3) is 22.3 Å². The van der Waals surface area contributed by atoms with Crippen molar-refractivity contribution in [2.75, 3.05) is 14.1 Å². The molecule has 6 atom stereocenters. The maximum Gasteiger partial charge on any atom is 0.235 e. The molecule has 0 bridgehead atoms. The van der Waals surface area contributed by atoms with E-state index in [1.807, 2.05) is 30.3 Å². The van der Waals surface area contributed by atoms with Gasteiger partial charge < -0.3 is 20.4 Å². The minimum absolute atomic E-state index is 0.0148. The smallest absolute Gasteiger partial charge is 0.235 e. The molecule has 3 aliphatic rings. The van der Waals surface area contributed by atoms with E-state index >= 15 is 0 Å². The molecule has 1 amide bonds. The van der Waals surface area contributed by atoms with Crippen LogP contribution in [-0.4, -0.2) is 69.9 Å². The average molecular weight is 531 g/mol. The number of fused-ring (bicyclic) bond motifs is 4. The first-order valence-electron chi connectivity index (χ1n) is 12.6. The summed E-state index contributed by atoms with van der Waals surface area (Å²) < 4.78 is 6.03. The summed E-state index contributed by atoms with van der Waals surface area (Å²) >= 11 is 0. The standard InChI is InChI=1S/C29H26N2O8/c1-31(2)23-16-10-13-9-15-14(19-11-12-5-3-4-6-18(12)39-19)7-8-17(32)21(15)24(33)20(13)26(35)29(16,38)27(36)22(25(23)34)28(30)37/h3-8,11,13,16,20,22-23,32,38H,9-10H2,1-2H3,(H2,30,37)/t13-,16-,20?,22?,23-,29-/m1/s1. The molecule has 10 nitrogen and oxygen atoms in total. The molecule has 3 aliphatic carbocycles. The fourth-order valence-corrected chi connectivity index (χ4v) is 6.95. The first-order valence-corrected chi connectivity index (χ1v) is 12.6. The van der Waals surface area contributed by atoms with Gasteiger partial charge in [0, 0.05) is 16.9 Å². The average Bonchev–Trinajstić information content (AvgIpc) is 3.30. The van der Waals surface area contributed by atoms with Gasteiger partial charge in [0.2, 0.25) is 5.91 Å². The molecule has 10 heteroatoms. The zero-order valence-electron chi connectivity index (χ0n) is 21.2. The Morgan fingerprint density at radius 1 is 1.08 bits per heavy atom. The highest BCUT2D eigenvalue weighted by molar-refractivity contribution is 6.32. The van der Waals surface area contributed by atoms with Crippen molar-refractivity contribution >= 4 is 40.0 Å². The van der Waals surface area contributed by atoms with Gasteiger partial charge in [0.1, 0.15) is 17.1 Å². The van der Waals surface area contributed by atoms with Crippen LogP contribution in [0.15, 0.2) is 46.9 Å². The summed E-state index contributed by atoms with van der Waals surface area (Å²) in [6, 6.07) is 11.1. The van der Waals surface area contributed by atoms with Crippen LogP contribution >= 0.6 is 0 Å². The van der Waals surface area contributed by atoms with Gasteiger partial charge in [-0.05, 0) is 62.7 Å². The van der Waals surface area contributed by atoms with Crippen LogP contribution in [0.4, 0.5) is 0 Å². The lowest BCUT2D eigenvalue weighted by Gasteiger charge is -2.52. The fourth-order valence-electron chi connectivity index (χ4n) is 6.95. The van der Waals surface area contributed by atoms with Gasteiger partial charge in [0.25, 0.3) is 0 Å². The van der Waals surface area contributed by atoms with E-state index in [-0.39, 0.29) is 24.2 Å². The van der Waals surface area contributed by atoms with Crippen molar-refractivity contribution in [2.45, 2.75) is 24.5 Å². The summed E-state index contributed by atoms with van der Waals surface area (Å²) in [6.07, 6.45) is 0.145. The summed E-state index contributed by atoms with van der Waals surface area (Å²) in [6.45, 7) is 0. The summed E-state index contributed by atoms with van der Waals surface area (Å²) in [5.74, 6) is -10.3. The van der Waals surface area contributed by atoms with Crippen molar-refractivity contribution in [1.29, 1.82) is 0 Å². The Kier molecular flexibility index (Phi) is 5.43. The quantitative estimate of drug-likeness (QED) is 0.422. The third-order valence-corrected chi connectivity index (χ3v) is 8.64. The lowest BCUT2D eigenvalue weighted by Crippen LogP contribution is -2.74. The van der Waals surface area contributed by atoms with Crippen molar-refractivity contribution in [3.63, 3.8) is 0 Å². The van der Waals surface area contributed by atoms with Crippen molar-refractivity contribution in [3.05, 3.63) is 53.6 Å². The fraction of sp³-hybridized carbons (Fsp3) is 0.345. The van der Waals surface area contributed by atoms with Gasteiger partial charge in [0.15, 0.2) is 34.7 Å². The number of phenols is 1. The Hall–Kier alpha value is -4.15. The number of amides is 1. The van der Waals surface area contributed by atoms with Crippen LogP contribution in [0.1, 0.15) is 22.3 Å². The highest BCUT2D eigenvalue weighted by atomic mass is 16.3. The number of aliphatic hydroxyl groups is 1. The van der Waals surface area contributed by atoms with E-state index in [1.54, 1.807) is 20.2 Å². The molecule has 1 heterocycles. The van der Waals surface area contributed by atoms with Crippen LogP contribution in [0.3, 0.4) is 0 Å². The molecule has 200 valence electrons. The number of primary amides is 1. The number of aromatic hydroxyl groups is 1. The molecule has 4 N–H and O–H groups in total. The molecular weight excluding hydrogens is 504 g/mol. The molecule has 0 aliphatic heterocycles. The lowest BCUT2D eigenvalue weighted by atomic mass is 9.52. The van der Waals surface area contributed by atoms with E-state index in [1.165, 1.54) is 11.0 Å². The molecule has 0 spiro atoms. The van der Waals surface area contributed by atoms with E-state index in [4.69, 9.17) is 10.2 Å². The van der Waals surface area contributed by atoms with Crippen molar-refractivity contribution in [3.8, 4) is 17.1 Å². The second-order valence-electron chi connectivity index (χ2n) is 10.9. The van der Waals surface area contributed by atoms with Crippen LogP contribution in [-0.2, 0) is 25.6 Å². The number of carbonyl (C=O) groups excluding carboxylic acids is 5. The summed E-state index contributed by atoms with van der Waals surface area (Å²) in [5, 5.41) is 23.2. The maximum atomic E-state index is 13.9. The number of nitrogens with two attached hydrogens (primary N) is 1. The molecule has 2 fully saturated rings. The number of hydrogen-bond acceptors (Lipinski definition) is 9. The van der Waals surface area contributed by atoms with Crippen molar-refractivity contribution in [2.24, 2.45) is 29.4 Å². The van der Waals surface area contributed by atoms with Gasteiger partial charge >= 0.3 is 0 Å². The maximum absolute atomic E-state index is 13.9. The summed E-state index contributed by atoms with van der Waals surface area (Å²) in [5.41, 5.74) is 4.24. The number of para-hydroxylation sites is 1. The summed E-state index contributed by atoms with van der Waals surface area (Å²) in [4.78, 5) is 67.9. The number of benzene rings is 2. The molecule has 2 aromatic carbocycles. The topological polar surface area (TPSA) is 168 Å². The summed E-state index contributed by atoms with van der Waals surface area (Å²) in [7, 11) is 3.10. The first kappa shape index (κ1) is 25.1.